The van der Waals surface area contributed by atoms with Crippen LogP contribution in [0.5, 0.6) is 5.75 Å². The summed E-state index contributed by atoms with van der Waals surface area (Å²) in [5.74, 6) is -0.0886. The number of ether oxygens (including phenoxy) is 2. The number of nitrogens with zero attached hydrogens (tertiary/aromatic N) is 2. The highest BCUT2D eigenvalue weighted by Gasteiger charge is 2.35. The van der Waals surface area contributed by atoms with Crippen LogP contribution in [-0.2, 0) is 16.1 Å². The SMILES string of the molecule is C[C@H](CO)N1C[C@H](C)[C@H](CN(C)Cc2ccc(-c3ccccc3)cc2)Oc2c(NC(=O)C3CCOCC3)cccc2C1=O. The number of para-hydroxylation sites is 1. The molecule has 2 heterocycles. The minimum atomic E-state index is -0.358. The second-order valence-electron chi connectivity index (χ2n) is 11.9. The van der Waals surface area contributed by atoms with Crippen molar-refractivity contribution in [3.05, 3.63) is 83.9 Å². The Hall–Kier alpha value is -3.72. The Morgan fingerprint density at radius 3 is 2.42 bits per heavy atom. The van der Waals surface area contributed by atoms with Crippen LogP contribution in [0.15, 0.2) is 72.8 Å². The largest absolute Gasteiger partial charge is 0.486 e. The van der Waals surface area contributed by atoms with Gasteiger partial charge in [0, 0.05) is 44.7 Å². The van der Waals surface area contributed by atoms with E-state index in [1.807, 2.05) is 25.1 Å². The van der Waals surface area contributed by atoms with E-state index in [9.17, 15) is 14.7 Å². The minimum absolute atomic E-state index is 0.0340. The number of benzene rings is 3. The first-order valence-electron chi connectivity index (χ1n) is 15.3. The summed E-state index contributed by atoms with van der Waals surface area (Å²) in [6, 6.07) is 23.9. The number of amides is 2. The second kappa shape index (κ2) is 14.2. The van der Waals surface area contributed by atoms with Gasteiger partial charge >= 0.3 is 0 Å². The first kappa shape index (κ1) is 30.7. The molecule has 0 aromatic heterocycles. The molecule has 3 aromatic rings. The summed E-state index contributed by atoms with van der Waals surface area (Å²) >= 11 is 0. The van der Waals surface area contributed by atoms with Crippen LogP contribution in [0.4, 0.5) is 5.69 Å². The zero-order valence-electron chi connectivity index (χ0n) is 25.4. The smallest absolute Gasteiger partial charge is 0.258 e. The van der Waals surface area contributed by atoms with Crippen molar-refractivity contribution in [2.45, 2.75) is 45.4 Å². The molecule has 0 bridgehead atoms. The predicted octanol–water partition coefficient (Wildman–Crippen LogP) is 5.07. The van der Waals surface area contributed by atoms with Gasteiger partial charge in [0.05, 0.1) is 23.9 Å². The molecule has 1 fully saturated rings. The zero-order chi connectivity index (χ0) is 30.3. The first-order valence-corrected chi connectivity index (χ1v) is 15.3. The topological polar surface area (TPSA) is 91.3 Å². The van der Waals surface area contributed by atoms with Crippen molar-refractivity contribution < 1.29 is 24.2 Å². The Kier molecular flexibility index (Phi) is 10.1. The number of rotatable bonds is 9. The fourth-order valence-corrected chi connectivity index (χ4v) is 5.87. The lowest BCUT2D eigenvalue weighted by molar-refractivity contribution is -0.122. The molecule has 0 saturated carbocycles. The fourth-order valence-electron chi connectivity index (χ4n) is 5.87. The van der Waals surface area contributed by atoms with E-state index in [-0.39, 0.29) is 42.4 Å². The number of hydrogen-bond donors (Lipinski definition) is 2. The Morgan fingerprint density at radius 1 is 1.02 bits per heavy atom. The number of carbonyl (C=O) groups is 2. The van der Waals surface area contributed by atoms with Crippen LogP contribution in [0, 0.1) is 11.8 Å². The van der Waals surface area contributed by atoms with Crippen molar-refractivity contribution in [3.63, 3.8) is 0 Å². The van der Waals surface area contributed by atoms with Crippen LogP contribution in [-0.4, -0.2) is 78.8 Å². The van der Waals surface area contributed by atoms with Crippen LogP contribution >= 0.6 is 0 Å². The molecule has 3 atom stereocenters. The second-order valence-corrected chi connectivity index (χ2v) is 11.9. The number of likely N-dealkylation sites (N-methyl/N-ethyl adjacent to an activating group) is 1. The quantitative estimate of drug-likeness (QED) is 0.365. The van der Waals surface area contributed by atoms with E-state index >= 15 is 0 Å². The van der Waals surface area contributed by atoms with Gasteiger partial charge in [0.15, 0.2) is 5.75 Å². The number of hydrogen-bond acceptors (Lipinski definition) is 6. The summed E-state index contributed by atoms with van der Waals surface area (Å²) < 4.78 is 12.1. The monoisotopic (exact) mass is 585 g/mol. The third-order valence-electron chi connectivity index (χ3n) is 8.55. The van der Waals surface area contributed by atoms with E-state index in [1.165, 1.54) is 16.7 Å². The van der Waals surface area contributed by atoms with Gasteiger partial charge < -0.3 is 24.8 Å². The molecule has 3 aromatic carbocycles. The van der Waals surface area contributed by atoms with Gasteiger partial charge in [-0.1, -0.05) is 67.6 Å². The van der Waals surface area contributed by atoms with Crippen molar-refractivity contribution in [3.8, 4) is 16.9 Å². The Bertz CT molecular complexity index is 1370. The summed E-state index contributed by atoms with van der Waals surface area (Å²) in [5.41, 5.74) is 4.45. The molecule has 8 heteroatoms. The van der Waals surface area contributed by atoms with Gasteiger partial charge in [0.1, 0.15) is 6.10 Å². The maximum Gasteiger partial charge on any atom is 0.258 e. The molecular formula is C35H43N3O5. The Balaban J connectivity index is 1.37. The molecule has 1 saturated heterocycles. The third-order valence-corrected chi connectivity index (χ3v) is 8.55. The van der Waals surface area contributed by atoms with Crippen LogP contribution in [0.3, 0.4) is 0 Å². The highest BCUT2D eigenvalue weighted by molar-refractivity contribution is 6.02. The average Bonchev–Trinajstić information content (AvgIpc) is 3.03. The predicted molar refractivity (Wildman–Crippen MR) is 168 cm³/mol. The van der Waals surface area contributed by atoms with Gasteiger partial charge in [-0.25, -0.2) is 0 Å². The number of anilines is 1. The lowest BCUT2D eigenvalue weighted by Gasteiger charge is -2.38. The molecule has 0 radical (unpaired) electrons. The van der Waals surface area contributed by atoms with Crippen molar-refractivity contribution in [2.24, 2.45) is 11.8 Å². The molecule has 0 aliphatic carbocycles. The van der Waals surface area contributed by atoms with E-state index < -0.39 is 0 Å². The summed E-state index contributed by atoms with van der Waals surface area (Å²) in [7, 11) is 2.07. The Morgan fingerprint density at radius 2 is 1.72 bits per heavy atom. The molecule has 43 heavy (non-hydrogen) atoms. The van der Waals surface area contributed by atoms with Gasteiger partial charge in [-0.05, 0) is 55.6 Å². The lowest BCUT2D eigenvalue weighted by atomic mass is 9.98. The number of aliphatic hydroxyl groups excluding tert-OH is 1. The van der Waals surface area contributed by atoms with Gasteiger partial charge in [-0.3, -0.25) is 14.5 Å². The summed E-state index contributed by atoms with van der Waals surface area (Å²) in [6.45, 7) is 6.70. The standard InChI is InChI=1S/C35H43N3O5/c1-24-20-38(25(2)23-39)35(41)30-10-7-11-31(36-34(40)29-16-18-42-19-17-29)33(30)43-32(24)22-37(3)21-26-12-14-28(15-13-26)27-8-5-4-6-9-27/h4-15,24-25,29,32,39H,16-23H2,1-3H3,(H,36,40)/t24-,25+,32-/m0/s1. The van der Waals surface area contributed by atoms with E-state index in [0.717, 1.165) is 6.54 Å². The van der Waals surface area contributed by atoms with Crippen LogP contribution in [0.1, 0.15) is 42.6 Å². The molecule has 5 rings (SSSR count). The van der Waals surface area contributed by atoms with E-state index in [0.29, 0.717) is 56.1 Å². The molecule has 2 aliphatic heterocycles. The van der Waals surface area contributed by atoms with Crippen LogP contribution in [0.25, 0.3) is 11.1 Å². The van der Waals surface area contributed by atoms with Gasteiger partial charge in [0.25, 0.3) is 5.91 Å². The van der Waals surface area contributed by atoms with Gasteiger partial charge in [0.2, 0.25) is 5.91 Å². The first-order chi connectivity index (χ1) is 20.8. The molecule has 2 N–H and O–H groups in total. The van der Waals surface area contributed by atoms with Crippen molar-refractivity contribution >= 4 is 17.5 Å². The molecular weight excluding hydrogens is 542 g/mol. The maximum absolute atomic E-state index is 13.8. The molecule has 0 spiro atoms. The normalized spacial score (nSPS) is 20.1. The third kappa shape index (κ3) is 7.44. The van der Waals surface area contributed by atoms with Crippen molar-refractivity contribution in [1.82, 2.24) is 9.80 Å². The summed E-state index contributed by atoms with van der Waals surface area (Å²) in [5, 5.41) is 13.0. The summed E-state index contributed by atoms with van der Waals surface area (Å²) in [6.07, 6.45) is 1.06. The molecule has 2 amide bonds. The molecule has 2 aliphatic rings. The molecule has 228 valence electrons. The summed E-state index contributed by atoms with van der Waals surface area (Å²) in [4.78, 5) is 30.9. The highest BCUT2D eigenvalue weighted by atomic mass is 16.5. The van der Waals surface area contributed by atoms with E-state index in [2.05, 4.69) is 60.6 Å². The van der Waals surface area contributed by atoms with E-state index in [1.54, 1.807) is 23.1 Å². The minimum Gasteiger partial charge on any atom is -0.486 e. The van der Waals surface area contributed by atoms with Crippen molar-refractivity contribution in [1.29, 1.82) is 0 Å². The number of carbonyl (C=O) groups excluding carboxylic acids is 2. The van der Waals surface area contributed by atoms with Gasteiger partial charge in [-0.2, -0.15) is 0 Å². The number of nitrogens with one attached hydrogen (secondary N) is 1. The fraction of sp³-hybridized carbons (Fsp3) is 0.429. The van der Waals surface area contributed by atoms with Crippen molar-refractivity contribution in [2.75, 3.05) is 45.3 Å². The average molecular weight is 586 g/mol. The Labute approximate surface area is 254 Å². The van der Waals surface area contributed by atoms with Gasteiger partial charge in [-0.15, -0.1) is 0 Å². The molecule has 0 unspecified atom stereocenters. The number of fused-ring (bicyclic) bond motifs is 1. The lowest BCUT2D eigenvalue weighted by Crippen LogP contribution is -2.49. The van der Waals surface area contributed by atoms with Crippen LogP contribution < -0.4 is 10.1 Å². The highest BCUT2D eigenvalue weighted by Crippen LogP contribution is 2.35. The zero-order valence-corrected chi connectivity index (χ0v) is 25.4. The molecule has 8 nitrogen and oxygen atoms in total. The number of aliphatic hydroxyl groups is 1. The maximum atomic E-state index is 13.8. The van der Waals surface area contributed by atoms with Crippen LogP contribution in [0.2, 0.25) is 0 Å². The van der Waals surface area contributed by atoms with E-state index in [4.69, 9.17) is 9.47 Å².